The molecule has 4 nitrogen and oxygen atoms in total. The molecule has 2 amide bonds. The van der Waals surface area contributed by atoms with Crippen LogP contribution in [-0.4, -0.2) is 18.4 Å². The van der Waals surface area contributed by atoms with E-state index >= 15 is 0 Å². The molecule has 0 unspecified atom stereocenters. The van der Waals surface area contributed by atoms with E-state index in [9.17, 15) is 14.0 Å². The molecular weight excluding hydrogens is 307 g/mol. The third kappa shape index (κ3) is 3.51. The third-order valence-electron chi connectivity index (χ3n) is 3.90. The van der Waals surface area contributed by atoms with Crippen LogP contribution in [0.1, 0.15) is 18.1 Å². The standard InChI is InChI=1S/C19H17FN2O2/c1-13(23)22-10-9-15-12-17(6-7-18(15)22)21-19(24)8-5-14-3-2-4-16(20)11-14/h2-8,11-12H,9-10H2,1H3,(H,21,24)/b8-5+. The Labute approximate surface area is 139 Å². The molecule has 0 saturated heterocycles. The Bertz CT molecular complexity index is 830. The first kappa shape index (κ1) is 15.9. The number of nitrogens with one attached hydrogen (secondary N) is 1. The van der Waals surface area contributed by atoms with Crippen LogP contribution in [0.2, 0.25) is 0 Å². The average Bonchev–Trinajstić information content (AvgIpc) is 2.96. The summed E-state index contributed by atoms with van der Waals surface area (Å²) < 4.78 is 13.1. The van der Waals surface area contributed by atoms with Crippen LogP contribution in [0, 0.1) is 5.82 Å². The van der Waals surface area contributed by atoms with Crippen molar-refractivity contribution in [1.29, 1.82) is 0 Å². The smallest absolute Gasteiger partial charge is 0.248 e. The predicted molar refractivity (Wildman–Crippen MR) is 92.2 cm³/mol. The monoisotopic (exact) mass is 324 g/mol. The molecule has 24 heavy (non-hydrogen) atoms. The lowest BCUT2D eigenvalue weighted by Gasteiger charge is -2.14. The number of amides is 2. The Morgan fingerprint density at radius 2 is 2.04 bits per heavy atom. The highest BCUT2D eigenvalue weighted by Gasteiger charge is 2.22. The number of benzene rings is 2. The first-order chi connectivity index (χ1) is 11.5. The van der Waals surface area contributed by atoms with Gasteiger partial charge in [-0.15, -0.1) is 0 Å². The molecule has 0 fully saturated rings. The summed E-state index contributed by atoms with van der Waals surface area (Å²) in [4.78, 5) is 25.2. The molecule has 1 N–H and O–H groups in total. The zero-order chi connectivity index (χ0) is 17.1. The molecule has 0 bridgehead atoms. The Hall–Kier alpha value is -2.95. The maximum atomic E-state index is 13.1. The quantitative estimate of drug-likeness (QED) is 0.880. The fourth-order valence-corrected chi connectivity index (χ4v) is 2.77. The van der Waals surface area contributed by atoms with Crippen LogP contribution in [-0.2, 0) is 16.0 Å². The van der Waals surface area contributed by atoms with Gasteiger partial charge >= 0.3 is 0 Å². The van der Waals surface area contributed by atoms with Gasteiger partial charge in [-0.1, -0.05) is 12.1 Å². The van der Waals surface area contributed by atoms with Gasteiger partial charge in [0, 0.05) is 30.9 Å². The summed E-state index contributed by atoms with van der Waals surface area (Å²) in [5.41, 5.74) is 3.23. The topological polar surface area (TPSA) is 49.4 Å². The molecule has 122 valence electrons. The summed E-state index contributed by atoms with van der Waals surface area (Å²) in [6.07, 6.45) is 3.70. The van der Waals surface area contributed by atoms with Crippen LogP contribution in [0.15, 0.2) is 48.5 Å². The van der Waals surface area contributed by atoms with E-state index in [2.05, 4.69) is 5.32 Å². The van der Waals surface area contributed by atoms with Gasteiger partial charge in [0.25, 0.3) is 0 Å². The van der Waals surface area contributed by atoms with Gasteiger partial charge in [-0.2, -0.15) is 0 Å². The molecule has 1 aliphatic heterocycles. The number of hydrogen-bond donors (Lipinski definition) is 1. The molecule has 0 atom stereocenters. The number of hydrogen-bond acceptors (Lipinski definition) is 2. The van der Waals surface area contributed by atoms with E-state index < -0.39 is 0 Å². The van der Waals surface area contributed by atoms with Crippen molar-refractivity contribution in [1.82, 2.24) is 0 Å². The zero-order valence-corrected chi connectivity index (χ0v) is 13.3. The number of halogens is 1. The van der Waals surface area contributed by atoms with Crippen molar-refractivity contribution in [2.24, 2.45) is 0 Å². The lowest BCUT2D eigenvalue weighted by atomic mass is 10.1. The minimum absolute atomic E-state index is 0.0172. The summed E-state index contributed by atoms with van der Waals surface area (Å²) in [5.74, 6) is -0.615. The van der Waals surface area contributed by atoms with E-state index in [1.807, 2.05) is 12.1 Å². The normalized spacial score (nSPS) is 13.2. The molecule has 0 radical (unpaired) electrons. The molecule has 0 aliphatic carbocycles. The second-order valence-electron chi connectivity index (χ2n) is 5.64. The highest BCUT2D eigenvalue weighted by molar-refractivity contribution is 6.02. The van der Waals surface area contributed by atoms with Gasteiger partial charge in [-0.3, -0.25) is 9.59 Å². The second kappa shape index (κ2) is 6.66. The first-order valence-corrected chi connectivity index (χ1v) is 7.68. The van der Waals surface area contributed by atoms with Crippen molar-refractivity contribution in [3.8, 4) is 0 Å². The van der Waals surface area contributed by atoms with Gasteiger partial charge in [-0.25, -0.2) is 4.39 Å². The van der Waals surface area contributed by atoms with Crippen LogP contribution in [0.5, 0.6) is 0 Å². The van der Waals surface area contributed by atoms with Gasteiger partial charge in [0.05, 0.1) is 0 Å². The summed E-state index contributed by atoms with van der Waals surface area (Å²) in [7, 11) is 0. The van der Waals surface area contributed by atoms with Gasteiger partial charge in [0.1, 0.15) is 5.82 Å². The molecule has 2 aromatic rings. The summed E-state index contributed by atoms with van der Waals surface area (Å²) in [6, 6.07) is 11.5. The van der Waals surface area contributed by atoms with Crippen molar-refractivity contribution in [2.75, 3.05) is 16.8 Å². The summed E-state index contributed by atoms with van der Waals surface area (Å²) in [5, 5.41) is 2.78. The van der Waals surface area contributed by atoms with Crippen molar-refractivity contribution >= 4 is 29.3 Å². The Balaban J connectivity index is 1.68. The first-order valence-electron chi connectivity index (χ1n) is 7.68. The van der Waals surface area contributed by atoms with Gasteiger partial charge in [0.15, 0.2) is 0 Å². The Morgan fingerprint density at radius 3 is 2.79 bits per heavy atom. The number of carbonyl (C=O) groups is 2. The largest absolute Gasteiger partial charge is 0.323 e. The number of rotatable bonds is 3. The van der Waals surface area contributed by atoms with E-state index in [4.69, 9.17) is 0 Å². The van der Waals surface area contributed by atoms with Crippen LogP contribution < -0.4 is 10.2 Å². The Kier molecular flexibility index (Phi) is 4.42. The number of anilines is 2. The summed E-state index contributed by atoms with van der Waals surface area (Å²) in [6.45, 7) is 2.21. The van der Waals surface area contributed by atoms with Crippen LogP contribution >= 0.6 is 0 Å². The maximum absolute atomic E-state index is 13.1. The molecule has 0 aromatic heterocycles. The fraction of sp³-hybridized carbons (Fsp3) is 0.158. The van der Waals surface area contributed by atoms with E-state index in [0.29, 0.717) is 17.8 Å². The predicted octanol–water partition coefficient (Wildman–Crippen LogP) is 3.39. The Morgan fingerprint density at radius 1 is 1.21 bits per heavy atom. The number of carbonyl (C=O) groups excluding carboxylic acids is 2. The molecule has 2 aromatic carbocycles. The minimum Gasteiger partial charge on any atom is -0.323 e. The third-order valence-corrected chi connectivity index (χ3v) is 3.90. The minimum atomic E-state index is -0.341. The highest BCUT2D eigenvalue weighted by atomic mass is 19.1. The number of nitrogens with zero attached hydrogens (tertiary/aromatic N) is 1. The lowest BCUT2D eigenvalue weighted by molar-refractivity contribution is -0.116. The van der Waals surface area contributed by atoms with Crippen molar-refractivity contribution in [3.63, 3.8) is 0 Å². The molecule has 0 spiro atoms. The van der Waals surface area contributed by atoms with Crippen LogP contribution in [0.4, 0.5) is 15.8 Å². The van der Waals surface area contributed by atoms with E-state index in [1.54, 1.807) is 36.1 Å². The van der Waals surface area contributed by atoms with E-state index in [1.165, 1.54) is 18.2 Å². The van der Waals surface area contributed by atoms with E-state index in [0.717, 1.165) is 17.7 Å². The molecule has 1 heterocycles. The summed E-state index contributed by atoms with van der Waals surface area (Å²) >= 11 is 0. The lowest BCUT2D eigenvalue weighted by Crippen LogP contribution is -2.25. The zero-order valence-electron chi connectivity index (χ0n) is 13.3. The molecule has 0 saturated carbocycles. The van der Waals surface area contributed by atoms with Gasteiger partial charge in [0.2, 0.25) is 11.8 Å². The highest BCUT2D eigenvalue weighted by Crippen LogP contribution is 2.30. The average molecular weight is 324 g/mol. The van der Waals surface area contributed by atoms with E-state index in [-0.39, 0.29) is 17.6 Å². The molecule has 1 aliphatic rings. The number of fused-ring (bicyclic) bond motifs is 1. The maximum Gasteiger partial charge on any atom is 0.248 e. The van der Waals surface area contributed by atoms with Crippen molar-refractivity contribution in [3.05, 3.63) is 65.5 Å². The van der Waals surface area contributed by atoms with Crippen molar-refractivity contribution in [2.45, 2.75) is 13.3 Å². The van der Waals surface area contributed by atoms with Crippen LogP contribution in [0.3, 0.4) is 0 Å². The van der Waals surface area contributed by atoms with Gasteiger partial charge in [-0.05, 0) is 54.0 Å². The molecule has 3 rings (SSSR count). The molecule has 5 heteroatoms. The second-order valence-corrected chi connectivity index (χ2v) is 5.64. The molecular formula is C19H17FN2O2. The van der Waals surface area contributed by atoms with Crippen LogP contribution in [0.25, 0.3) is 6.08 Å². The van der Waals surface area contributed by atoms with Crippen molar-refractivity contribution < 1.29 is 14.0 Å². The fourth-order valence-electron chi connectivity index (χ4n) is 2.77. The van der Waals surface area contributed by atoms with Gasteiger partial charge < -0.3 is 10.2 Å². The SMILES string of the molecule is CC(=O)N1CCc2cc(NC(=O)/C=C/c3cccc(F)c3)ccc21.